The lowest BCUT2D eigenvalue weighted by molar-refractivity contribution is -0.115. The Labute approximate surface area is 187 Å². The number of rotatable bonds is 7. The summed E-state index contributed by atoms with van der Waals surface area (Å²) in [7, 11) is -3.65. The summed E-state index contributed by atoms with van der Waals surface area (Å²) in [6.07, 6.45) is 3.07. The number of carbonyl (C=O) groups is 1. The molecule has 1 amide bonds. The summed E-state index contributed by atoms with van der Waals surface area (Å²) in [4.78, 5) is 12.1. The van der Waals surface area contributed by atoms with E-state index in [4.69, 9.17) is 12.2 Å². The SMILES string of the molecule is O=C(C=Cc1ccccc1)NC(=S)Nc1ccc(S(=O)(=O)NCc2ccccc2)cc1. The number of hydrogen-bond acceptors (Lipinski definition) is 4. The summed E-state index contributed by atoms with van der Waals surface area (Å²) in [5.74, 6) is -0.370. The van der Waals surface area contributed by atoms with Crippen LogP contribution < -0.4 is 15.4 Å². The van der Waals surface area contributed by atoms with Crippen molar-refractivity contribution >= 4 is 45.0 Å². The molecule has 0 fully saturated rings. The molecule has 3 aromatic rings. The molecule has 0 aromatic heterocycles. The Morgan fingerprint density at radius 1 is 0.871 bits per heavy atom. The van der Waals surface area contributed by atoms with Gasteiger partial charge in [0.2, 0.25) is 15.9 Å². The lowest BCUT2D eigenvalue weighted by Crippen LogP contribution is -2.32. The number of amides is 1. The first-order valence-corrected chi connectivity index (χ1v) is 11.3. The quantitative estimate of drug-likeness (QED) is 0.377. The molecule has 3 rings (SSSR count). The van der Waals surface area contributed by atoms with Gasteiger partial charge in [-0.05, 0) is 53.7 Å². The van der Waals surface area contributed by atoms with Crippen LogP contribution in [0.1, 0.15) is 11.1 Å². The first kappa shape index (κ1) is 22.4. The van der Waals surface area contributed by atoms with E-state index in [1.165, 1.54) is 18.2 Å². The highest BCUT2D eigenvalue weighted by Crippen LogP contribution is 2.14. The number of carbonyl (C=O) groups excluding carboxylic acids is 1. The zero-order valence-electron chi connectivity index (χ0n) is 16.5. The first-order chi connectivity index (χ1) is 14.9. The Kier molecular flexibility index (Phi) is 7.66. The van der Waals surface area contributed by atoms with Crippen LogP contribution in [-0.4, -0.2) is 19.4 Å². The fraction of sp³-hybridized carbons (Fsp3) is 0.0435. The van der Waals surface area contributed by atoms with Gasteiger partial charge in [0.1, 0.15) is 0 Å². The second-order valence-electron chi connectivity index (χ2n) is 6.52. The molecule has 0 aliphatic carbocycles. The molecule has 0 atom stereocenters. The van der Waals surface area contributed by atoms with Gasteiger partial charge >= 0.3 is 0 Å². The van der Waals surface area contributed by atoms with Gasteiger partial charge in [0.05, 0.1) is 4.90 Å². The third-order valence-corrected chi connectivity index (χ3v) is 5.82. The summed E-state index contributed by atoms with van der Waals surface area (Å²) in [6, 6.07) is 24.8. The van der Waals surface area contributed by atoms with Crippen LogP contribution in [-0.2, 0) is 21.4 Å². The maximum Gasteiger partial charge on any atom is 0.250 e. The van der Waals surface area contributed by atoms with E-state index in [0.29, 0.717) is 5.69 Å². The highest BCUT2D eigenvalue weighted by Gasteiger charge is 2.13. The van der Waals surface area contributed by atoms with Crippen LogP contribution in [0.5, 0.6) is 0 Å². The van der Waals surface area contributed by atoms with Gasteiger partial charge in [-0.3, -0.25) is 10.1 Å². The molecule has 158 valence electrons. The Hall–Kier alpha value is -3.33. The topological polar surface area (TPSA) is 87.3 Å². The molecule has 0 saturated carbocycles. The van der Waals surface area contributed by atoms with Crippen molar-refractivity contribution in [2.75, 3.05) is 5.32 Å². The Morgan fingerprint density at radius 2 is 1.48 bits per heavy atom. The highest BCUT2D eigenvalue weighted by atomic mass is 32.2. The zero-order chi connectivity index (χ0) is 22.1. The van der Waals surface area contributed by atoms with Gasteiger partial charge in [0.25, 0.3) is 0 Å². The van der Waals surface area contributed by atoms with Crippen LogP contribution in [0.15, 0.2) is 95.9 Å². The van der Waals surface area contributed by atoms with Crippen LogP contribution in [0.2, 0.25) is 0 Å². The van der Waals surface area contributed by atoms with Crippen molar-refractivity contribution in [1.29, 1.82) is 0 Å². The summed E-state index contributed by atoms with van der Waals surface area (Å²) in [5, 5.41) is 5.52. The normalized spacial score (nSPS) is 11.2. The third-order valence-electron chi connectivity index (χ3n) is 4.20. The number of benzene rings is 3. The van der Waals surface area contributed by atoms with Gasteiger partial charge < -0.3 is 5.32 Å². The van der Waals surface area contributed by atoms with Crippen LogP contribution in [0, 0.1) is 0 Å². The van der Waals surface area contributed by atoms with Crippen molar-refractivity contribution in [3.63, 3.8) is 0 Å². The molecular formula is C23H21N3O3S2. The molecule has 0 aliphatic heterocycles. The van der Waals surface area contributed by atoms with Crippen molar-refractivity contribution in [3.8, 4) is 0 Å². The minimum absolute atomic E-state index is 0.112. The van der Waals surface area contributed by atoms with E-state index < -0.39 is 10.0 Å². The van der Waals surface area contributed by atoms with Crippen molar-refractivity contribution < 1.29 is 13.2 Å². The third kappa shape index (κ3) is 7.14. The predicted molar refractivity (Wildman–Crippen MR) is 127 cm³/mol. The number of sulfonamides is 1. The summed E-state index contributed by atoms with van der Waals surface area (Å²) in [6.45, 7) is 0.204. The van der Waals surface area contributed by atoms with E-state index in [1.54, 1.807) is 18.2 Å². The van der Waals surface area contributed by atoms with E-state index in [2.05, 4.69) is 15.4 Å². The number of hydrogen-bond donors (Lipinski definition) is 3. The number of nitrogens with one attached hydrogen (secondary N) is 3. The zero-order valence-corrected chi connectivity index (χ0v) is 18.1. The summed E-state index contributed by atoms with van der Waals surface area (Å²) >= 11 is 5.14. The first-order valence-electron chi connectivity index (χ1n) is 9.41. The van der Waals surface area contributed by atoms with Crippen molar-refractivity contribution in [2.24, 2.45) is 0 Å². The van der Waals surface area contributed by atoms with Crippen LogP contribution in [0.25, 0.3) is 6.08 Å². The molecule has 0 bridgehead atoms. The second kappa shape index (κ2) is 10.6. The van der Waals surface area contributed by atoms with E-state index in [0.717, 1.165) is 11.1 Å². The molecule has 0 spiro atoms. The van der Waals surface area contributed by atoms with Crippen molar-refractivity contribution in [3.05, 3.63) is 102 Å². The molecule has 6 nitrogen and oxygen atoms in total. The largest absolute Gasteiger partial charge is 0.332 e. The van der Waals surface area contributed by atoms with Gasteiger partial charge in [0.15, 0.2) is 5.11 Å². The predicted octanol–water partition coefficient (Wildman–Crippen LogP) is 3.69. The summed E-state index contributed by atoms with van der Waals surface area (Å²) < 4.78 is 27.5. The van der Waals surface area contributed by atoms with Crippen LogP contribution in [0.4, 0.5) is 5.69 Å². The molecular weight excluding hydrogens is 430 g/mol. The van der Waals surface area contributed by atoms with Gasteiger partial charge in [-0.25, -0.2) is 13.1 Å². The molecule has 0 saturated heterocycles. The maximum atomic E-state index is 12.5. The van der Waals surface area contributed by atoms with Gasteiger partial charge in [-0.15, -0.1) is 0 Å². The molecule has 31 heavy (non-hydrogen) atoms. The fourth-order valence-corrected chi connectivity index (χ4v) is 3.86. The maximum absolute atomic E-state index is 12.5. The fourth-order valence-electron chi connectivity index (χ4n) is 2.63. The second-order valence-corrected chi connectivity index (χ2v) is 8.70. The minimum atomic E-state index is -3.65. The van der Waals surface area contributed by atoms with Gasteiger partial charge in [-0.2, -0.15) is 0 Å². The summed E-state index contributed by atoms with van der Waals surface area (Å²) in [5.41, 5.74) is 2.32. The van der Waals surface area contributed by atoms with Crippen molar-refractivity contribution in [2.45, 2.75) is 11.4 Å². The van der Waals surface area contributed by atoms with E-state index >= 15 is 0 Å². The average Bonchev–Trinajstić information content (AvgIpc) is 2.78. The molecule has 8 heteroatoms. The molecule has 0 unspecified atom stereocenters. The molecule has 0 heterocycles. The smallest absolute Gasteiger partial charge is 0.250 e. The Bertz CT molecular complexity index is 1160. The van der Waals surface area contributed by atoms with Gasteiger partial charge in [0, 0.05) is 18.3 Å². The monoisotopic (exact) mass is 451 g/mol. The molecule has 3 aromatic carbocycles. The highest BCUT2D eigenvalue weighted by molar-refractivity contribution is 7.89. The minimum Gasteiger partial charge on any atom is -0.332 e. The van der Waals surface area contributed by atoms with Crippen LogP contribution in [0.3, 0.4) is 0 Å². The van der Waals surface area contributed by atoms with E-state index in [-0.39, 0.29) is 22.5 Å². The molecule has 0 aliphatic rings. The Morgan fingerprint density at radius 3 is 2.13 bits per heavy atom. The van der Waals surface area contributed by atoms with E-state index in [1.807, 2.05) is 60.7 Å². The van der Waals surface area contributed by atoms with Crippen LogP contribution >= 0.6 is 12.2 Å². The lowest BCUT2D eigenvalue weighted by atomic mass is 10.2. The standard InChI is InChI=1S/C23H21N3O3S2/c27-22(16-11-18-7-3-1-4-8-18)26-23(30)25-20-12-14-21(15-13-20)31(28,29)24-17-19-9-5-2-6-10-19/h1-16,24H,17H2,(H2,25,26,27,30). The number of thiocarbonyl (C=S) groups is 1. The van der Waals surface area contributed by atoms with Crippen molar-refractivity contribution in [1.82, 2.24) is 10.0 Å². The molecule has 3 N–H and O–H groups in total. The lowest BCUT2D eigenvalue weighted by Gasteiger charge is -2.10. The van der Waals surface area contributed by atoms with E-state index in [9.17, 15) is 13.2 Å². The average molecular weight is 452 g/mol. The molecule has 0 radical (unpaired) electrons. The van der Waals surface area contributed by atoms with Gasteiger partial charge in [-0.1, -0.05) is 60.7 Å². The number of anilines is 1. The Balaban J connectivity index is 1.53.